The van der Waals surface area contributed by atoms with Crippen LogP contribution in [0.2, 0.25) is 0 Å². The van der Waals surface area contributed by atoms with E-state index in [0.29, 0.717) is 16.7 Å². The molecule has 0 aromatic carbocycles. The highest BCUT2D eigenvalue weighted by Crippen LogP contribution is 2.59. The van der Waals surface area contributed by atoms with E-state index in [1.54, 1.807) is 0 Å². The summed E-state index contributed by atoms with van der Waals surface area (Å²) in [6.45, 7) is 10.0. The van der Waals surface area contributed by atoms with Gasteiger partial charge in [0.15, 0.2) is 0 Å². The summed E-state index contributed by atoms with van der Waals surface area (Å²) in [6, 6.07) is 0. The molecule has 0 spiro atoms. The third-order valence-corrected chi connectivity index (χ3v) is 7.43. The van der Waals surface area contributed by atoms with Gasteiger partial charge in [-0.2, -0.15) is 0 Å². The molecule has 122 valence electrons. The van der Waals surface area contributed by atoms with Crippen molar-refractivity contribution in [2.75, 3.05) is 0 Å². The van der Waals surface area contributed by atoms with E-state index in [1.807, 2.05) is 6.92 Å². The maximum absolute atomic E-state index is 11.6. The van der Waals surface area contributed by atoms with E-state index >= 15 is 0 Å². The average molecular weight is 361 g/mol. The first kappa shape index (κ1) is 17.3. The summed E-state index contributed by atoms with van der Waals surface area (Å²) in [5.41, 5.74) is -0.792. The Labute approximate surface area is 137 Å². The number of rotatable bonds is 2. The van der Waals surface area contributed by atoms with Crippen molar-refractivity contribution in [1.82, 2.24) is 0 Å². The third kappa shape index (κ3) is 3.03. The van der Waals surface area contributed by atoms with E-state index in [2.05, 4.69) is 36.7 Å². The van der Waals surface area contributed by atoms with Crippen molar-refractivity contribution < 1.29 is 14.6 Å². The predicted octanol–water partition coefficient (Wildman–Crippen LogP) is 3.91. The minimum absolute atomic E-state index is 0.00632. The van der Waals surface area contributed by atoms with Crippen LogP contribution in [0.25, 0.3) is 0 Å². The zero-order valence-electron chi connectivity index (χ0n) is 13.9. The minimum atomic E-state index is -0.771. The predicted molar refractivity (Wildman–Crippen MR) is 87.3 cm³/mol. The van der Waals surface area contributed by atoms with Gasteiger partial charge in [-0.15, -0.1) is 0 Å². The summed E-state index contributed by atoms with van der Waals surface area (Å²) in [5.74, 6) is 0.539. The summed E-state index contributed by atoms with van der Waals surface area (Å²) in [4.78, 5) is 12.0. The smallest absolute Gasteiger partial charge is 0.302 e. The number of aliphatic hydroxyl groups is 1. The van der Waals surface area contributed by atoms with Gasteiger partial charge in [0.2, 0.25) is 0 Å². The van der Waals surface area contributed by atoms with Gasteiger partial charge >= 0.3 is 5.97 Å². The molecule has 3 unspecified atom stereocenters. The van der Waals surface area contributed by atoms with E-state index in [-0.39, 0.29) is 23.4 Å². The van der Waals surface area contributed by atoms with Gasteiger partial charge in [0.25, 0.3) is 0 Å². The van der Waals surface area contributed by atoms with Crippen molar-refractivity contribution in [3.8, 4) is 0 Å². The minimum Gasteiger partial charge on any atom is -0.462 e. The molecule has 3 nitrogen and oxygen atoms in total. The molecule has 4 heteroatoms. The molecule has 2 saturated carbocycles. The molecule has 0 aliphatic heterocycles. The Morgan fingerprint density at radius 1 is 1.29 bits per heavy atom. The first-order valence-corrected chi connectivity index (χ1v) is 9.05. The molecule has 0 saturated heterocycles. The van der Waals surface area contributed by atoms with Crippen LogP contribution in [0.5, 0.6) is 0 Å². The quantitative estimate of drug-likeness (QED) is 0.599. The highest BCUT2D eigenvalue weighted by molar-refractivity contribution is 9.09. The second-order valence-electron chi connectivity index (χ2n) is 7.87. The number of alkyl halides is 1. The standard InChI is InChI=1S/C17H29BrO3/c1-10(2)12-6-8-16(4)13(18)7-9-17(5,20)15(16)14(12)21-11(3)19/h10,12-15,20H,6-9H2,1-5H3/t12?,13?,14-,15+,16?,17+/m0/s1. The fraction of sp³-hybridized carbons (Fsp3) is 0.941. The third-order valence-electron chi connectivity index (χ3n) is 5.93. The zero-order chi connectivity index (χ0) is 16.0. The Morgan fingerprint density at radius 2 is 1.90 bits per heavy atom. The van der Waals surface area contributed by atoms with Gasteiger partial charge in [-0.05, 0) is 49.9 Å². The summed E-state index contributed by atoms with van der Waals surface area (Å²) in [7, 11) is 0. The average Bonchev–Trinajstić information content (AvgIpc) is 2.33. The molecule has 0 amide bonds. The van der Waals surface area contributed by atoms with Gasteiger partial charge < -0.3 is 9.84 Å². The number of hydrogen-bond donors (Lipinski definition) is 1. The second kappa shape index (κ2) is 5.84. The lowest BCUT2D eigenvalue weighted by atomic mass is 9.51. The van der Waals surface area contributed by atoms with Crippen molar-refractivity contribution >= 4 is 21.9 Å². The SMILES string of the molecule is CC(=O)O[C@H]1C(C(C)C)CCC2(C)C(Br)CC[C@@](C)(O)[C@H]12. The molecule has 2 fully saturated rings. The lowest BCUT2D eigenvalue weighted by molar-refractivity contribution is -0.201. The largest absolute Gasteiger partial charge is 0.462 e. The van der Waals surface area contributed by atoms with Crippen LogP contribution in [0.4, 0.5) is 0 Å². The number of esters is 1. The molecule has 21 heavy (non-hydrogen) atoms. The molecule has 2 aliphatic rings. The van der Waals surface area contributed by atoms with Crippen molar-refractivity contribution in [1.29, 1.82) is 0 Å². The van der Waals surface area contributed by atoms with Crippen molar-refractivity contribution in [2.45, 2.75) is 76.8 Å². The van der Waals surface area contributed by atoms with E-state index in [0.717, 1.165) is 25.7 Å². The summed E-state index contributed by atoms with van der Waals surface area (Å²) < 4.78 is 5.76. The normalized spacial score (nSPS) is 47.0. The zero-order valence-corrected chi connectivity index (χ0v) is 15.4. The van der Waals surface area contributed by atoms with E-state index in [4.69, 9.17) is 4.74 Å². The van der Waals surface area contributed by atoms with Crippen molar-refractivity contribution in [2.24, 2.45) is 23.2 Å². The van der Waals surface area contributed by atoms with E-state index in [1.165, 1.54) is 6.92 Å². The molecule has 0 aromatic rings. The van der Waals surface area contributed by atoms with Gasteiger partial charge in [-0.1, -0.05) is 36.7 Å². The summed E-state index contributed by atoms with van der Waals surface area (Å²) >= 11 is 3.84. The first-order chi connectivity index (χ1) is 9.59. The summed E-state index contributed by atoms with van der Waals surface area (Å²) in [5, 5.41) is 11.0. The molecular weight excluding hydrogens is 332 g/mol. The van der Waals surface area contributed by atoms with Crippen LogP contribution in [0.1, 0.15) is 60.3 Å². The van der Waals surface area contributed by atoms with Gasteiger partial charge in [-0.25, -0.2) is 0 Å². The number of carbonyl (C=O) groups excluding carboxylic acids is 1. The number of halogens is 1. The van der Waals surface area contributed by atoms with Gasteiger partial charge in [0.1, 0.15) is 6.10 Å². The molecule has 0 bridgehead atoms. The van der Waals surface area contributed by atoms with Gasteiger partial charge in [-0.3, -0.25) is 4.79 Å². The number of hydrogen-bond acceptors (Lipinski definition) is 3. The Kier molecular flexibility index (Phi) is 4.80. The van der Waals surface area contributed by atoms with Crippen LogP contribution in [0, 0.1) is 23.2 Å². The number of fused-ring (bicyclic) bond motifs is 1. The number of carbonyl (C=O) groups is 1. The van der Waals surface area contributed by atoms with Crippen molar-refractivity contribution in [3.05, 3.63) is 0 Å². The monoisotopic (exact) mass is 360 g/mol. The molecule has 0 aromatic heterocycles. The topological polar surface area (TPSA) is 46.5 Å². The van der Waals surface area contributed by atoms with Gasteiger partial charge in [0, 0.05) is 17.7 Å². The van der Waals surface area contributed by atoms with E-state index in [9.17, 15) is 9.90 Å². The maximum atomic E-state index is 11.6. The Hall–Kier alpha value is -0.0900. The van der Waals surface area contributed by atoms with Crippen LogP contribution < -0.4 is 0 Å². The molecule has 0 heterocycles. The van der Waals surface area contributed by atoms with Crippen LogP contribution in [0.3, 0.4) is 0 Å². The molecule has 1 N–H and O–H groups in total. The fourth-order valence-electron chi connectivity index (χ4n) is 4.80. The molecule has 0 radical (unpaired) electrons. The first-order valence-electron chi connectivity index (χ1n) is 8.13. The lowest BCUT2D eigenvalue weighted by Gasteiger charge is -2.59. The Morgan fingerprint density at radius 3 is 2.43 bits per heavy atom. The maximum Gasteiger partial charge on any atom is 0.302 e. The Balaban J connectivity index is 2.43. The highest BCUT2D eigenvalue weighted by Gasteiger charge is 2.60. The molecular formula is C17H29BrO3. The fourth-order valence-corrected chi connectivity index (χ4v) is 5.54. The Bertz CT molecular complexity index is 407. The van der Waals surface area contributed by atoms with Crippen LogP contribution in [-0.4, -0.2) is 27.6 Å². The molecule has 6 atom stereocenters. The van der Waals surface area contributed by atoms with Crippen molar-refractivity contribution in [3.63, 3.8) is 0 Å². The van der Waals surface area contributed by atoms with Crippen LogP contribution in [0.15, 0.2) is 0 Å². The second-order valence-corrected chi connectivity index (χ2v) is 8.97. The lowest BCUT2D eigenvalue weighted by Crippen LogP contribution is -2.62. The van der Waals surface area contributed by atoms with Gasteiger partial charge in [0.05, 0.1) is 5.60 Å². The highest BCUT2D eigenvalue weighted by atomic mass is 79.9. The summed E-state index contributed by atoms with van der Waals surface area (Å²) in [6.07, 6.45) is 3.67. The molecule has 2 aliphatic carbocycles. The molecule has 2 rings (SSSR count). The van der Waals surface area contributed by atoms with Crippen LogP contribution in [-0.2, 0) is 9.53 Å². The number of ether oxygens (including phenoxy) is 1. The van der Waals surface area contributed by atoms with E-state index < -0.39 is 5.60 Å². The van der Waals surface area contributed by atoms with Crippen LogP contribution >= 0.6 is 15.9 Å².